The van der Waals surface area contributed by atoms with Gasteiger partial charge in [0, 0.05) is 7.11 Å². The van der Waals surface area contributed by atoms with E-state index < -0.39 is 11.6 Å². The molecule has 0 fully saturated rings. The quantitative estimate of drug-likeness (QED) is 0.799. The Morgan fingerprint density at radius 1 is 1.59 bits per heavy atom. The molecule has 0 aromatic carbocycles. The molecule has 7 nitrogen and oxygen atoms in total. The molecule has 1 aromatic heterocycles. The van der Waals surface area contributed by atoms with E-state index in [1.807, 2.05) is 20.8 Å². The van der Waals surface area contributed by atoms with Crippen LogP contribution >= 0.6 is 0 Å². The number of carbonyl (C=O) groups is 1. The molecule has 1 aromatic rings. The number of nitrogens with zero attached hydrogens (tertiary/aromatic N) is 4. The van der Waals surface area contributed by atoms with Gasteiger partial charge in [-0.25, -0.2) is 4.68 Å². The van der Waals surface area contributed by atoms with Crippen molar-refractivity contribution < 1.29 is 14.6 Å². The molecule has 0 saturated carbocycles. The average molecular weight is 242 g/mol. The fourth-order valence-corrected chi connectivity index (χ4v) is 1.53. The number of hydrogen-bond donors (Lipinski definition) is 1. The summed E-state index contributed by atoms with van der Waals surface area (Å²) in [5.41, 5.74) is -0.643. The molecular formula is C10H18N4O3. The highest BCUT2D eigenvalue weighted by Gasteiger charge is 2.30. The molecule has 1 rings (SSSR count). The van der Waals surface area contributed by atoms with E-state index in [0.717, 1.165) is 0 Å². The molecule has 0 amide bonds. The third kappa shape index (κ3) is 3.00. The van der Waals surface area contributed by atoms with Crippen molar-refractivity contribution in [3.05, 3.63) is 5.82 Å². The van der Waals surface area contributed by atoms with Crippen molar-refractivity contribution in [2.24, 2.45) is 0 Å². The molecule has 0 bridgehead atoms. The van der Waals surface area contributed by atoms with Gasteiger partial charge in [0.25, 0.3) is 0 Å². The highest BCUT2D eigenvalue weighted by molar-refractivity contribution is 5.67. The Hall–Kier alpha value is -1.50. The van der Waals surface area contributed by atoms with Gasteiger partial charge in [0.2, 0.25) is 0 Å². The second-order valence-electron chi connectivity index (χ2n) is 4.32. The fourth-order valence-electron chi connectivity index (χ4n) is 1.53. The zero-order valence-electron chi connectivity index (χ0n) is 10.5. The van der Waals surface area contributed by atoms with Crippen LogP contribution in [0.3, 0.4) is 0 Å². The minimum atomic E-state index is -0.867. The number of aliphatic carboxylic acids is 1. The average Bonchev–Trinajstić information content (AvgIpc) is 2.75. The van der Waals surface area contributed by atoms with E-state index in [4.69, 9.17) is 9.84 Å². The lowest BCUT2D eigenvalue weighted by Gasteiger charge is -2.24. The van der Waals surface area contributed by atoms with Crippen LogP contribution in [0.4, 0.5) is 0 Å². The lowest BCUT2D eigenvalue weighted by atomic mass is 10.1. The minimum Gasteiger partial charge on any atom is -0.481 e. The number of aromatic nitrogens is 4. The van der Waals surface area contributed by atoms with Gasteiger partial charge in [-0.05, 0) is 30.7 Å². The molecule has 17 heavy (non-hydrogen) atoms. The van der Waals surface area contributed by atoms with Crippen molar-refractivity contribution in [3.63, 3.8) is 0 Å². The van der Waals surface area contributed by atoms with Gasteiger partial charge in [0.1, 0.15) is 5.60 Å². The fraction of sp³-hybridized carbons (Fsp3) is 0.800. The summed E-state index contributed by atoms with van der Waals surface area (Å²) in [5.74, 6) is -0.332. The first-order valence-electron chi connectivity index (χ1n) is 5.47. The molecule has 1 N–H and O–H groups in total. The van der Waals surface area contributed by atoms with E-state index in [-0.39, 0.29) is 12.5 Å². The molecule has 7 heteroatoms. The number of tetrazole rings is 1. The molecule has 0 aliphatic rings. The Labute approximate surface area is 99.8 Å². The van der Waals surface area contributed by atoms with Crippen LogP contribution in [0.2, 0.25) is 0 Å². The first kappa shape index (κ1) is 13.6. The number of rotatable bonds is 6. The number of carboxylic acids is 1. The Balaban J connectivity index is 3.05. The molecule has 1 heterocycles. The summed E-state index contributed by atoms with van der Waals surface area (Å²) in [6, 6.07) is -0.257. The Kier molecular flexibility index (Phi) is 4.17. The van der Waals surface area contributed by atoms with Crippen LogP contribution in [0.1, 0.15) is 45.5 Å². The van der Waals surface area contributed by atoms with Gasteiger partial charge in [0.05, 0.1) is 12.5 Å². The lowest BCUT2D eigenvalue weighted by molar-refractivity contribution is -0.138. The Morgan fingerprint density at radius 3 is 2.71 bits per heavy atom. The molecule has 1 unspecified atom stereocenters. The molecular weight excluding hydrogens is 224 g/mol. The second-order valence-corrected chi connectivity index (χ2v) is 4.32. The maximum absolute atomic E-state index is 10.8. The highest BCUT2D eigenvalue weighted by atomic mass is 16.5. The number of methoxy groups -OCH3 is 1. The topological polar surface area (TPSA) is 90.1 Å². The van der Waals surface area contributed by atoms with Crippen molar-refractivity contribution in [1.82, 2.24) is 20.2 Å². The van der Waals surface area contributed by atoms with Crippen LogP contribution in [-0.2, 0) is 15.1 Å². The van der Waals surface area contributed by atoms with E-state index >= 15 is 0 Å². The van der Waals surface area contributed by atoms with Crippen molar-refractivity contribution in [2.45, 2.75) is 45.3 Å². The summed E-state index contributed by atoms with van der Waals surface area (Å²) in [6.45, 7) is 5.57. The van der Waals surface area contributed by atoms with Gasteiger partial charge < -0.3 is 9.84 Å². The number of ether oxygens (including phenoxy) is 1. The minimum absolute atomic E-state index is 0.00562. The molecule has 0 aliphatic carbocycles. The van der Waals surface area contributed by atoms with E-state index in [2.05, 4.69) is 15.5 Å². The molecule has 0 aliphatic heterocycles. The number of carboxylic acid groups (broad SMARTS) is 1. The van der Waals surface area contributed by atoms with Crippen LogP contribution in [0.15, 0.2) is 0 Å². The highest BCUT2D eigenvalue weighted by Crippen LogP contribution is 2.25. The maximum Gasteiger partial charge on any atom is 0.305 e. The monoisotopic (exact) mass is 242 g/mol. The van der Waals surface area contributed by atoms with Crippen LogP contribution in [0.5, 0.6) is 0 Å². The zero-order chi connectivity index (χ0) is 13.1. The van der Waals surface area contributed by atoms with Gasteiger partial charge >= 0.3 is 5.97 Å². The third-order valence-electron chi connectivity index (χ3n) is 2.77. The summed E-state index contributed by atoms with van der Waals surface area (Å²) in [4.78, 5) is 10.8. The van der Waals surface area contributed by atoms with Crippen LogP contribution in [0.25, 0.3) is 0 Å². The zero-order valence-corrected chi connectivity index (χ0v) is 10.5. The normalized spacial score (nSPS) is 13.6. The van der Waals surface area contributed by atoms with Crippen molar-refractivity contribution in [2.75, 3.05) is 7.11 Å². The van der Waals surface area contributed by atoms with Crippen LogP contribution in [0, 0.1) is 0 Å². The van der Waals surface area contributed by atoms with Crippen molar-refractivity contribution in [1.29, 1.82) is 0 Å². The Bertz CT molecular complexity index is 389. The van der Waals surface area contributed by atoms with Gasteiger partial charge in [-0.2, -0.15) is 0 Å². The lowest BCUT2D eigenvalue weighted by Crippen LogP contribution is -2.28. The van der Waals surface area contributed by atoms with Crippen molar-refractivity contribution in [3.8, 4) is 0 Å². The van der Waals surface area contributed by atoms with Crippen molar-refractivity contribution >= 4 is 5.97 Å². The predicted octanol–water partition coefficient (Wildman–Crippen LogP) is 0.980. The van der Waals surface area contributed by atoms with E-state index in [1.54, 1.807) is 7.11 Å². The third-order valence-corrected chi connectivity index (χ3v) is 2.77. The molecule has 0 spiro atoms. The smallest absolute Gasteiger partial charge is 0.305 e. The van der Waals surface area contributed by atoms with E-state index in [9.17, 15) is 4.79 Å². The van der Waals surface area contributed by atoms with Gasteiger partial charge in [-0.1, -0.05) is 6.92 Å². The summed E-state index contributed by atoms with van der Waals surface area (Å²) >= 11 is 0. The molecule has 0 saturated heterocycles. The summed E-state index contributed by atoms with van der Waals surface area (Å²) in [7, 11) is 1.57. The van der Waals surface area contributed by atoms with Gasteiger partial charge in [0.15, 0.2) is 5.82 Å². The Morgan fingerprint density at radius 2 is 2.24 bits per heavy atom. The first-order chi connectivity index (χ1) is 7.92. The standard InChI is InChI=1S/C10H18N4O3/c1-5-7(6-8(15)16)14-9(11-12-13-14)10(2,3)17-4/h7H,5-6H2,1-4H3,(H,15,16). The van der Waals surface area contributed by atoms with Gasteiger partial charge in [-0.3, -0.25) is 4.79 Å². The van der Waals surface area contributed by atoms with Crippen LogP contribution in [-0.4, -0.2) is 38.4 Å². The van der Waals surface area contributed by atoms with Gasteiger partial charge in [-0.15, -0.1) is 5.10 Å². The summed E-state index contributed by atoms with van der Waals surface area (Å²) in [5, 5.41) is 20.2. The largest absolute Gasteiger partial charge is 0.481 e. The second kappa shape index (κ2) is 5.22. The summed E-state index contributed by atoms with van der Waals surface area (Å²) < 4.78 is 6.85. The SMILES string of the molecule is CCC(CC(=O)O)n1nnnc1C(C)(C)OC. The van der Waals surface area contributed by atoms with E-state index in [1.165, 1.54) is 4.68 Å². The predicted molar refractivity (Wildman–Crippen MR) is 59.4 cm³/mol. The molecule has 96 valence electrons. The molecule has 0 radical (unpaired) electrons. The first-order valence-corrected chi connectivity index (χ1v) is 5.47. The maximum atomic E-state index is 10.8. The number of hydrogen-bond acceptors (Lipinski definition) is 5. The molecule has 1 atom stereocenters. The van der Waals surface area contributed by atoms with E-state index in [0.29, 0.717) is 12.2 Å². The summed E-state index contributed by atoms with van der Waals surface area (Å²) in [6.07, 6.45) is 0.637. The van der Waals surface area contributed by atoms with Crippen LogP contribution < -0.4 is 0 Å².